The first-order valence-corrected chi connectivity index (χ1v) is 15.6. The van der Waals surface area contributed by atoms with E-state index in [-0.39, 0.29) is 0 Å². The molecule has 3 aromatic rings. The predicted octanol–water partition coefficient (Wildman–Crippen LogP) is 5.12. The number of benzene rings is 1. The van der Waals surface area contributed by atoms with Gasteiger partial charge in [-0.3, -0.25) is 4.90 Å². The van der Waals surface area contributed by atoms with Crippen molar-refractivity contribution in [3.05, 3.63) is 88.8 Å². The molecule has 20 heteroatoms. The zero-order chi connectivity index (χ0) is 41.4. The summed E-state index contributed by atoms with van der Waals surface area (Å²) in [5.74, 6) is -8.52. The highest BCUT2D eigenvalue weighted by molar-refractivity contribution is 5.73. The van der Waals surface area contributed by atoms with Crippen LogP contribution in [0.5, 0.6) is 0 Å². The van der Waals surface area contributed by atoms with Gasteiger partial charge in [-0.25, -0.2) is 19.1 Å². The van der Waals surface area contributed by atoms with Crippen LogP contribution in [0.3, 0.4) is 0 Å². The molecule has 11 nitrogen and oxygen atoms in total. The summed E-state index contributed by atoms with van der Waals surface area (Å²) in [6.07, 6.45) is -2.76. The molecule has 298 valence electrons. The van der Waals surface area contributed by atoms with Crippen LogP contribution in [0.2, 0.25) is 0 Å². The van der Waals surface area contributed by atoms with E-state index in [1.54, 1.807) is 0 Å². The van der Waals surface area contributed by atoms with Gasteiger partial charge in [0.15, 0.2) is 11.4 Å². The number of imidazole rings is 1. The molecule has 1 aliphatic heterocycles. The molecular weight excluding hydrogens is 745 g/mol. The minimum Gasteiger partial charge on any atom is -0.542 e. The number of aliphatic carboxylic acids is 3. The second kappa shape index (κ2) is 20.7. The molecule has 54 heavy (non-hydrogen) atoms. The van der Waals surface area contributed by atoms with Crippen LogP contribution in [0.4, 0.5) is 45.2 Å². The van der Waals surface area contributed by atoms with Crippen molar-refractivity contribution in [2.45, 2.75) is 58.3 Å². The van der Waals surface area contributed by atoms with Gasteiger partial charge >= 0.3 is 30.5 Å². The molecular formula is C34H38F9N5O6. The van der Waals surface area contributed by atoms with Crippen LogP contribution in [0, 0.1) is 13.8 Å². The number of allylic oxidation sites excluding steroid dienone is 2. The number of nitrogens with one attached hydrogen (secondary N) is 1. The number of anilines is 1. The number of alkyl halides is 9. The standard InChI is InChI=1S/C28H36N5.3C2HF3O2/c1-22-18-25(9-6-5-8-24-10-12-26(13-11-24)31(3)4)19-23(2)33(22)16-7-15-32-17-14-27-28(20-32)30-21-29-27;3*3-2(4,5)1(6)7/h5-6,8-13,18-19,21H,7,14-17,20H2,1-4H3,(H,29,30);3*(H,6,7)/q+1;;;/p-1. The lowest BCUT2D eigenvalue weighted by molar-refractivity contribution is -0.708. The van der Waals surface area contributed by atoms with Crippen molar-refractivity contribution in [2.24, 2.45) is 0 Å². The zero-order valence-corrected chi connectivity index (χ0v) is 29.3. The number of fused-ring (bicyclic) bond motifs is 1. The van der Waals surface area contributed by atoms with Gasteiger partial charge in [0.05, 0.1) is 17.7 Å². The quantitative estimate of drug-likeness (QED) is 0.161. The summed E-state index contributed by atoms with van der Waals surface area (Å²) >= 11 is 0. The van der Waals surface area contributed by atoms with E-state index in [4.69, 9.17) is 29.7 Å². The van der Waals surface area contributed by atoms with E-state index in [2.05, 4.69) is 113 Å². The maximum atomic E-state index is 10.6. The molecule has 4 rings (SSSR count). The highest BCUT2D eigenvalue weighted by atomic mass is 19.4. The minimum absolute atomic E-state index is 0.995. The largest absolute Gasteiger partial charge is 0.542 e. The summed E-state index contributed by atoms with van der Waals surface area (Å²) in [7, 11) is 4.12. The Labute approximate surface area is 303 Å². The Bertz CT molecular complexity index is 1650. The third kappa shape index (κ3) is 17.4. The fourth-order valence-electron chi connectivity index (χ4n) is 4.54. The molecule has 0 saturated heterocycles. The number of aromatic nitrogens is 3. The number of hydrogen-bond donors (Lipinski definition) is 3. The Morgan fingerprint density at radius 3 is 1.76 bits per heavy atom. The Morgan fingerprint density at radius 1 is 0.870 bits per heavy atom. The number of carbonyl (C=O) groups excluding carboxylic acids is 1. The molecule has 1 aliphatic rings. The zero-order valence-electron chi connectivity index (χ0n) is 29.3. The third-order valence-electron chi connectivity index (χ3n) is 7.13. The van der Waals surface area contributed by atoms with Gasteiger partial charge in [-0.2, -0.15) is 39.5 Å². The van der Waals surface area contributed by atoms with Gasteiger partial charge in [-0.15, -0.1) is 0 Å². The van der Waals surface area contributed by atoms with Gasteiger partial charge < -0.3 is 30.0 Å². The number of aromatic amines is 1. The predicted molar refractivity (Wildman–Crippen MR) is 176 cm³/mol. The van der Waals surface area contributed by atoms with Gasteiger partial charge in [-0.05, 0) is 23.3 Å². The van der Waals surface area contributed by atoms with E-state index in [9.17, 15) is 39.5 Å². The first-order chi connectivity index (χ1) is 24.8. The van der Waals surface area contributed by atoms with Crippen molar-refractivity contribution in [1.29, 1.82) is 0 Å². The van der Waals surface area contributed by atoms with Crippen molar-refractivity contribution >= 4 is 35.7 Å². The number of rotatable bonds is 8. The van der Waals surface area contributed by atoms with Crippen LogP contribution in [0.25, 0.3) is 12.2 Å². The number of aryl methyl sites for hydroxylation is 2. The van der Waals surface area contributed by atoms with E-state index in [1.165, 1.54) is 39.6 Å². The second-order valence-corrected chi connectivity index (χ2v) is 11.5. The number of carboxylic acids is 3. The number of halogens is 9. The first kappa shape index (κ1) is 46.6. The van der Waals surface area contributed by atoms with Crippen LogP contribution in [0.15, 0.2) is 54.9 Å². The highest BCUT2D eigenvalue weighted by Gasteiger charge is 2.39. The summed E-state index contributed by atoms with van der Waals surface area (Å²) in [6, 6.07) is 13.1. The molecule has 0 unspecified atom stereocenters. The van der Waals surface area contributed by atoms with E-state index in [1.807, 2.05) is 6.33 Å². The molecule has 0 atom stereocenters. The normalized spacial score (nSPS) is 13.1. The third-order valence-corrected chi connectivity index (χ3v) is 7.13. The van der Waals surface area contributed by atoms with E-state index < -0.39 is 36.4 Å². The molecule has 0 radical (unpaired) electrons. The molecule has 0 bridgehead atoms. The number of carboxylic acid groups (broad SMARTS) is 3. The minimum atomic E-state index is -5.19. The first-order valence-electron chi connectivity index (χ1n) is 15.6. The lowest BCUT2D eigenvalue weighted by Gasteiger charge is -2.25. The van der Waals surface area contributed by atoms with Gasteiger partial charge in [0.25, 0.3) is 0 Å². The number of hydrogen-bond acceptors (Lipinski definition) is 7. The van der Waals surface area contributed by atoms with Gasteiger partial charge in [0.1, 0.15) is 12.5 Å². The Kier molecular flexibility index (Phi) is 17.9. The van der Waals surface area contributed by atoms with Crippen molar-refractivity contribution in [2.75, 3.05) is 32.1 Å². The molecule has 0 spiro atoms. The average Bonchev–Trinajstić information content (AvgIpc) is 3.52. The molecule has 0 aliphatic carbocycles. The van der Waals surface area contributed by atoms with Crippen molar-refractivity contribution in [1.82, 2.24) is 14.9 Å². The SMILES string of the molecule is Cc1cc(/C=C/C=C/c2ccc(N(C)C)cc2)cc(C)[n+]1CCCN1CCc2nc[nH]c2C1.O=C(O)C(F)(F)F.O=C(O)C(F)(F)F.O=C([O-])C(F)(F)F. The van der Waals surface area contributed by atoms with Gasteiger partial charge in [0.2, 0.25) is 0 Å². The fourth-order valence-corrected chi connectivity index (χ4v) is 4.54. The second-order valence-electron chi connectivity index (χ2n) is 11.5. The lowest BCUT2D eigenvalue weighted by Crippen LogP contribution is -2.42. The summed E-state index contributed by atoms with van der Waals surface area (Å²) in [4.78, 5) is 38.9. The van der Waals surface area contributed by atoms with Crippen molar-refractivity contribution in [3.8, 4) is 0 Å². The van der Waals surface area contributed by atoms with Crippen LogP contribution < -0.4 is 14.6 Å². The molecule has 0 saturated carbocycles. The van der Waals surface area contributed by atoms with E-state index >= 15 is 0 Å². The molecule has 2 aromatic heterocycles. The fraction of sp³-hybridized carbons (Fsp3) is 0.382. The smallest absolute Gasteiger partial charge is 0.490 e. The molecule has 1 aromatic carbocycles. The van der Waals surface area contributed by atoms with Crippen LogP contribution >= 0.6 is 0 Å². The summed E-state index contributed by atoms with van der Waals surface area (Å²) in [5, 5.41) is 23.0. The molecule has 3 heterocycles. The monoisotopic (exact) mass is 783 g/mol. The molecule has 0 fully saturated rings. The lowest BCUT2D eigenvalue weighted by atomic mass is 10.1. The maximum absolute atomic E-state index is 10.6. The van der Waals surface area contributed by atoms with Crippen LogP contribution in [0.1, 0.15) is 40.3 Å². The van der Waals surface area contributed by atoms with Crippen molar-refractivity contribution < 1.29 is 73.8 Å². The number of pyridine rings is 1. The number of H-pyrrole nitrogens is 1. The Balaban J connectivity index is 0.000000566. The average molecular weight is 784 g/mol. The Morgan fingerprint density at radius 2 is 1.33 bits per heavy atom. The Hall–Kier alpha value is -5.40. The van der Waals surface area contributed by atoms with Crippen LogP contribution in [-0.2, 0) is 33.9 Å². The highest BCUT2D eigenvalue weighted by Crippen LogP contribution is 2.17. The van der Waals surface area contributed by atoms with Gasteiger partial charge in [-0.1, -0.05) is 36.4 Å². The summed E-state index contributed by atoms with van der Waals surface area (Å²) in [6.45, 7) is 8.70. The van der Waals surface area contributed by atoms with Gasteiger partial charge in [0, 0.05) is 78.2 Å². The molecule has 0 amide bonds. The van der Waals surface area contributed by atoms with E-state index in [0.29, 0.717) is 0 Å². The summed E-state index contributed by atoms with van der Waals surface area (Å²) < 4.78 is 97.5. The maximum Gasteiger partial charge on any atom is 0.490 e. The number of nitrogens with zero attached hydrogens (tertiary/aromatic N) is 4. The van der Waals surface area contributed by atoms with E-state index in [0.717, 1.165) is 39.0 Å². The van der Waals surface area contributed by atoms with Crippen molar-refractivity contribution in [3.63, 3.8) is 0 Å². The number of carbonyl (C=O) groups is 3. The summed E-state index contributed by atoms with van der Waals surface area (Å²) in [5.41, 5.74) is 8.83. The van der Waals surface area contributed by atoms with Crippen LogP contribution in [-0.4, -0.2) is 88.7 Å². The topological polar surface area (TPSA) is 154 Å². The molecule has 3 N–H and O–H groups in total.